The molecule has 3 aromatic rings. The van der Waals surface area contributed by atoms with Crippen molar-refractivity contribution < 1.29 is 28.6 Å². The third-order valence-electron chi connectivity index (χ3n) is 9.87. The molecule has 47 heavy (non-hydrogen) atoms. The number of amides is 2. The molecule has 10 heteroatoms. The van der Waals surface area contributed by atoms with Crippen LogP contribution in [0.5, 0.6) is 0 Å². The summed E-state index contributed by atoms with van der Waals surface area (Å²) in [6, 6.07) is 16.4. The van der Waals surface area contributed by atoms with Crippen LogP contribution in [0.15, 0.2) is 59.0 Å². The van der Waals surface area contributed by atoms with E-state index in [1.165, 1.54) is 25.5 Å². The Kier molecular flexibility index (Phi) is 12.1. The molecule has 254 valence electrons. The van der Waals surface area contributed by atoms with Crippen LogP contribution in [0, 0.1) is 18.8 Å². The Bertz CT molecular complexity index is 1470. The summed E-state index contributed by atoms with van der Waals surface area (Å²) in [6.45, 7) is 7.77. The number of likely N-dealkylation sites (tertiary alicyclic amines) is 1. The molecule has 0 bridgehead atoms. The summed E-state index contributed by atoms with van der Waals surface area (Å²) in [6.07, 6.45) is 8.33. The number of carbonyl (C=O) groups is 3. The third kappa shape index (κ3) is 9.89. The van der Waals surface area contributed by atoms with Gasteiger partial charge in [-0.25, -0.2) is 4.79 Å². The molecular weight excluding hydrogens is 596 g/mol. The van der Waals surface area contributed by atoms with E-state index in [-0.39, 0.29) is 17.6 Å². The van der Waals surface area contributed by atoms with Gasteiger partial charge in [0.25, 0.3) is 0 Å². The second kappa shape index (κ2) is 16.4. The SMILES string of the molecule is Cc1ccc2cc(C(=O)O)oc2c1.NC1(C(=O)N[C@H](Cc2ccccc2)C(=O)NCC2CCN(CC3CCOCC3)CC2)CCCC1. The van der Waals surface area contributed by atoms with Crippen molar-refractivity contribution in [2.45, 2.75) is 76.3 Å². The molecule has 6 rings (SSSR count). The van der Waals surface area contributed by atoms with Gasteiger partial charge in [0, 0.05) is 38.1 Å². The quantitative estimate of drug-likeness (QED) is 0.248. The number of fused-ring (bicyclic) bond motifs is 1. The van der Waals surface area contributed by atoms with Crippen molar-refractivity contribution in [1.29, 1.82) is 0 Å². The molecule has 3 aliphatic rings. The van der Waals surface area contributed by atoms with Crippen LogP contribution in [-0.2, 0) is 20.7 Å². The molecule has 5 N–H and O–H groups in total. The molecular formula is C37H50N4O6. The number of nitrogens with two attached hydrogens (primary N) is 1. The minimum atomic E-state index is -1.03. The van der Waals surface area contributed by atoms with E-state index in [4.69, 9.17) is 20.0 Å². The largest absolute Gasteiger partial charge is 0.475 e. The molecule has 1 aromatic heterocycles. The maximum atomic E-state index is 13.2. The number of nitrogens with one attached hydrogen (secondary N) is 2. The highest BCUT2D eigenvalue weighted by Crippen LogP contribution is 2.28. The van der Waals surface area contributed by atoms with Crippen molar-refractivity contribution >= 4 is 28.8 Å². The summed E-state index contributed by atoms with van der Waals surface area (Å²) in [7, 11) is 0. The van der Waals surface area contributed by atoms with E-state index < -0.39 is 17.6 Å². The Balaban J connectivity index is 0.000000277. The van der Waals surface area contributed by atoms with Gasteiger partial charge in [-0.15, -0.1) is 0 Å². The highest BCUT2D eigenvalue weighted by Gasteiger charge is 2.39. The van der Waals surface area contributed by atoms with Gasteiger partial charge < -0.3 is 35.5 Å². The van der Waals surface area contributed by atoms with Crippen LogP contribution in [0.2, 0.25) is 0 Å². The van der Waals surface area contributed by atoms with Crippen molar-refractivity contribution in [3.8, 4) is 0 Å². The molecule has 1 atom stereocenters. The lowest BCUT2D eigenvalue weighted by atomic mass is 9.93. The number of hydrogen-bond acceptors (Lipinski definition) is 7. The van der Waals surface area contributed by atoms with Gasteiger partial charge in [0.2, 0.25) is 17.6 Å². The number of rotatable bonds is 10. The lowest BCUT2D eigenvalue weighted by Crippen LogP contribution is -2.58. The summed E-state index contributed by atoms with van der Waals surface area (Å²) in [5.74, 6) is -0.0999. The Morgan fingerprint density at radius 1 is 0.979 bits per heavy atom. The zero-order valence-electron chi connectivity index (χ0n) is 27.5. The van der Waals surface area contributed by atoms with E-state index in [1.54, 1.807) is 0 Å². The Morgan fingerprint density at radius 2 is 1.68 bits per heavy atom. The van der Waals surface area contributed by atoms with Gasteiger partial charge in [0.15, 0.2) is 0 Å². The average molecular weight is 647 g/mol. The molecule has 2 saturated heterocycles. The highest BCUT2D eigenvalue weighted by atomic mass is 16.5. The first-order chi connectivity index (χ1) is 22.7. The minimum absolute atomic E-state index is 0.0133. The molecule has 2 aliphatic heterocycles. The molecule has 3 fully saturated rings. The van der Waals surface area contributed by atoms with Crippen molar-refractivity contribution in [3.63, 3.8) is 0 Å². The van der Waals surface area contributed by atoms with Gasteiger partial charge in [-0.1, -0.05) is 55.3 Å². The number of ether oxygens (including phenoxy) is 1. The number of carboxylic acids is 1. The zero-order valence-corrected chi connectivity index (χ0v) is 27.5. The van der Waals surface area contributed by atoms with E-state index in [2.05, 4.69) is 15.5 Å². The van der Waals surface area contributed by atoms with E-state index >= 15 is 0 Å². The third-order valence-corrected chi connectivity index (χ3v) is 9.87. The summed E-state index contributed by atoms with van der Waals surface area (Å²) in [5, 5.41) is 15.6. The van der Waals surface area contributed by atoms with Gasteiger partial charge in [-0.3, -0.25) is 9.59 Å². The summed E-state index contributed by atoms with van der Waals surface area (Å²) < 4.78 is 10.6. The number of benzene rings is 2. The monoisotopic (exact) mass is 646 g/mol. The lowest BCUT2D eigenvalue weighted by molar-refractivity contribution is -0.132. The molecule has 3 heterocycles. The first kappa shape index (κ1) is 34.6. The number of hydrogen-bond donors (Lipinski definition) is 4. The fourth-order valence-corrected chi connectivity index (χ4v) is 6.87. The topological polar surface area (TPSA) is 147 Å². The maximum absolute atomic E-state index is 13.2. The molecule has 10 nitrogen and oxygen atoms in total. The summed E-state index contributed by atoms with van der Waals surface area (Å²) in [5.41, 5.74) is 8.23. The van der Waals surface area contributed by atoms with E-state index in [0.29, 0.717) is 37.3 Å². The molecule has 0 radical (unpaired) electrons. The second-order valence-corrected chi connectivity index (χ2v) is 13.6. The van der Waals surface area contributed by atoms with Crippen LogP contribution in [0.25, 0.3) is 11.0 Å². The summed E-state index contributed by atoms with van der Waals surface area (Å²) >= 11 is 0. The van der Waals surface area contributed by atoms with Gasteiger partial charge in [0.1, 0.15) is 11.6 Å². The first-order valence-corrected chi connectivity index (χ1v) is 17.1. The van der Waals surface area contributed by atoms with Gasteiger partial charge in [-0.05, 0) is 93.6 Å². The number of aryl methyl sites for hydroxylation is 1. The predicted octanol–water partition coefficient (Wildman–Crippen LogP) is 4.68. The fraction of sp³-hybridized carbons (Fsp3) is 0.541. The average Bonchev–Trinajstić information content (AvgIpc) is 3.72. The van der Waals surface area contributed by atoms with Crippen LogP contribution in [0.4, 0.5) is 0 Å². The smallest absolute Gasteiger partial charge is 0.371 e. The maximum Gasteiger partial charge on any atom is 0.371 e. The van der Waals surface area contributed by atoms with Gasteiger partial charge in [0.05, 0.1) is 5.54 Å². The van der Waals surface area contributed by atoms with Crippen molar-refractivity contribution in [2.75, 3.05) is 39.4 Å². The Hall–Kier alpha value is -3.73. The predicted molar refractivity (Wildman–Crippen MR) is 181 cm³/mol. The molecule has 0 spiro atoms. The molecule has 0 unspecified atom stereocenters. The molecule has 2 aromatic carbocycles. The number of furan rings is 1. The minimum Gasteiger partial charge on any atom is -0.475 e. The van der Waals surface area contributed by atoms with Crippen LogP contribution in [-0.4, -0.2) is 78.8 Å². The van der Waals surface area contributed by atoms with Crippen LogP contribution in [0.3, 0.4) is 0 Å². The van der Waals surface area contributed by atoms with Crippen LogP contribution < -0.4 is 16.4 Å². The molecule has 1 aliphatic carbocycles. The van der Waals surface area contributed by atoms with E-state index in [0.717, 1.165) is 74.4 Å². The molecule has 1 saturated carbocycles. The molecule has 2 amide bonds. The number of piperidine rings is 1. The number of carbonyl (C=O) groups excluding carboxylic acids is 2. The van der Waals surface area contributed by atoms with E-state index in [1.807, 2.05) is 55.5 Å². The van der Waals surface area contributed by atoms with Crippen molar-refractivity contribution in [1.82, 2.24) is 15.5 Å². The van der Waals surface area contributed by atoms with Gasteiger partial charge >= 0.3 is 5.97 Å². The standard InChI is InChI=1S/C27H42N4O3.C10H8O3/c28-27(12-4-5-13-27)26(33)30-24(18-21-6-2-1-3-7-21)25(32)29-19-22-8-14-31(15-9-22)20-23-10-16-34-17-11-23;1-6-2-3-7-5-9(10(11)12)13-8(7)4-6/h1-3,6-7,22-24H,4-5,8-20,28H2,(H,29,32)(H,30,33);2-5H,1H3,(H,11,12)/t24-;/m1./s1. The van der Waals surface area contributed by atoms with E-state index in [9.17, 15) is 14.4 Å². The zero-order chi connectivity index (χ0) is 33.2. The summed E-state index contributed by atoms with van der Waals surface area (Å²) in [4.78, 5) is 39.3. The van der Waals surface area contributed by atoms with Gasteiger partial charge in [-0.2, -0.15) is 0 Å². The normalized spacial score (nSPS) is 19.4. The fourth-order valence-electron chi connectivity index (χ4n) is 6.87. The van der Waals surface area contributed by atoms with Crippen LogP contribution >= 0.6 is 0 Å². The van der Waals surface area contributed by atoms with Crippen LogP contribution in [0.1, 0.15) is 73.0 Å². The Labute approximate surface area is 277 Å². The van der Waals surface area contributed by atoms with Crippen molar-refractivity contribution in [3.05, 3.63) is 71.5 Å². The number of aromatic carboxylic acids is 1. The first-order valence-electron chi connectivity index (χ1n) is 17.1. The number of carboxylic acid groups (broad SMARTS) is 1. The van der Waals surface area contributed by atoms with Crippen molar-refractivity contribution in [2.24, 2.45) is 17.6 Å². The lowest BCUT2D eigenvalue weighted by Gasteiger charge is -2.35. The number of nitrogens with zero attached hydrogens (tertiary/aromatic N) is 1. The second-order valence-electron chi connectivity index (χ2n) is 13.6. The Morgan fingerprint density at radius 3 is 2.36 bits per heavy atom. The highest BCUT2D eigenvalue weighted by molar-refractivity contribution is 5.92.